The predicted molar refractivity (Wildman–Crippen MR) is 107 cm³/mol. The van der Waals surface area contributed by atoms with Crippen LogP contribution in [0.4, 0.5) is 0 Å². The Labute approximate surface area is 175 Å². The lowest BCUT2D eigenvalue weighted by Crippen LogP contribution is -2.52. The van der Waals surface area contributed by atoms with Crippen molar-refractivity contribution in [2.24, 2.45) is 0 Å². The van der Waals surface area contributed by atoms with Gasteiger partial charge in [0.2, 0.25) is 12.7 Å². The zero-order chi connectivity index (χ0) is 21.1. The minimum absolute atomic E-state index is 0.0904. The number of hydrogen-bond acceptors (Lipinski definition) is 7. The number of fused-ring (bicyclic) bond motifs is 1. The van der Waals surface area contributed by atoms with Crippen molar-refractivity contribution in [1.82, 2.24) is 15.1 Å². The Kier molecular flexibility index (Phi) is 6.40. The number of likely N-dealkylation sites (N-methyl/N-ethyl adjacent to an activating group) is 1. The normalized spacial score (nSPS) is 26.5. The number of carbonyl (C=O) groups excluding carboxylic acids is 2. The average Bonchev–Trinajstić information content (AvgIpc) is 3.23. The lowest BCUT2D eigenvalue weighted by atomic mass is 9.96. The van der Waals surface area contributed by atoms with Crippen molar-refractivity contribution in [2.45, 2.75) is 37.5 Å². The van der Waals surface area contributed by atoms with Gasteiger partial charge in [-0.15, -0.1) is 0 Å². The number of amides is 2. The Morgan fingerprint density at radius 2 is 1.90 bits per heavy atom. The molecule has 3 aliphatic heterocycles. The van der Waals surface area contributed by atoms with Crippen LogP contribution in [0, 0.1) is 0 Å². The number of benzene rings is 1. The van der Waals surface area contributed by atoms with Crippen molar-refractivity contribution in [2.75, 3.05) is 46.6 Å². The molecule has 30 heavy (non-hydrogen) atoms. The molecule has 2 amide bonds. The Morgan fingerprint density at radius 3 is 2.67 bits per heavy atom. The van der Waals surface area contributed by atoms with Gasteiger partial charge in [0.05, 0.1) is 25.2 Å². The Bertz CT molecular complexity index is 780. The number of hydrogen-bond donors (Lipinski definition) is 2. The minimum Gasteiger partial charge on any atom is -0.454 e. The standard InChI is InChI=1S/C21H29N3O6/c1-23-6-8-24(9-7-23)20(26)11-15-3-4-16(19(12-25)30-15)22-21(27)14-2-5-17-18(10-14)29-13-28-17/h2,5,10,15-16,19,25H,3-4,6-9,11-13H2,1H3,(H,22,27)/t15-,16+,19-/m1/s1. The molecular weight excluding hydrogens is 390 g/mol. The van der Waals surface area contributed by atoms with E-state index in [0.29, 0.717) is 36.3 Å². The third-order valence-corrected chi connectivity index (χ3v) is 6.01. The van der Waals surface area contributed by atoms with Crippen molar-refractivity contribution in [1.29, 1.82) is 0 Å². The van der Waals surface area contributed by atoms with Gasteiger partial charge in [-0.2, -0.15) is 0 Å². The first kappa shape index (κ1) is 20.9. The summed E-state index contributed by atoms with van der Waals surface area (Å²) in [5, 5.41) is 12.7. The van der Waals surface area contributed by atoms with Gasteiger partial charge >= 0.3 is 0 Å². The molecule has 2 saturated heterocycles. The van der Waals surface area contributed by atoms with E-state index in [0.717, 1.165) is 26.2 Å². The van der Waals surface area contributed by atoms with E-state index in [-0.39, 0.29) is 37.4 Å². The molecule has 3 aliphatic rings. The van der Waals surface area contributed by atoms with Crippen molar-refractivity contribution >= 4 is 11.8 Å². The van der Waals surface area contributed by atoms with Crippen LogP contribution in [-0.2, 0) is 9.53 Å². The zero-order valence-corrected chi connectivity index (χ0v) is 17.2. The zero-order valence-electron chi connectivity index (χ0n) is 17.2. The van der Waals surface area contributed by atoms with Gasteiger partial charge in [0, 0.05) is 31.7 Å². The fourth-order valence-corrected chi connectivity index (χ4v) is 4.12. The smallest absolute Gasteiger partial charge is 0.251 e. The van der Waals surface area contributed by atoms with E-state index >= 15 is 0 Å². The Balaban J connectivity index is 1.30. The molecule has 0 radical (unpaired) electrons. The quantitative estimate of drug-likeness (QED) is 0.704. The third kappa shape index (κ3) is 4.69. The molecule has 3 atom stereocenters. The SMILES string of the molecule is CN1CCN(C(=O)C[C@H]2CC[C@H](NC(=O)c3ccc4c(c3)OCO4)[C@@H](CO)O2)CC1. The molecule has 3 heterocycles. The van der Waals surface area contributed by atoms with Gasteiger partial charge < -0.3 is 34.4 Å². The van der Waals surface area contributed by atoms with Gasteiger partial charge in [-0.3, -0.25) is 9.59 Å². The summed E-state index contributed by atoms with van der Waals surface area (Å²) >= 11 is 0. The monoisotopic (exact) mass is 419 g/mol. The van der Waals surface area contributed by atoms with Gasteiger partial charge in [0.15, 0.2) is 11.5 Å². The topological polar surface area (TPSA) is 101 Å². The number of ether oxygens (including phenoxy) is 3. The lowest BCUT2D eigenvalue weighted by molar-refractivity contribution is -0.141. The van der Waals surface area contributed by atoms with E-state index in [4.69, 9.17) is 14.2 Å². The molecule has 2 fully saturated rings. The summed E-state index contributed by atoms with van der Waals surface area (Å²) in [7, 11) is 2.05. The molecule has 0 aromatic heterocycles. The van der Waals surface area contributed by atoms with Crippen molar-refractivity contribution < 1.29 is 28.9 Å². The molecule has 4 rings (SSSR count). The maximum absolute atomic E-state index is 12.7. The second kappa shape index (κ2) is 9.20. The second-order valence-corrected chi connectivity index (χ2v) is 8.09. The van der Waals surface area contributed by atoms with Gasteiger partial charge in [0.25, 0.3) is 5.91 Å². The molecule has 1 aromatic rings. The highest BCUT2D eigenvalue weighted by Crippen LogP contribution is 2.32. The average molecular weight is 419 g/mol. The van der Waals surface area contributed by atoms with E-state index < -0.39 is 6.10 Å². The van der Waals surface area contributed by atoms with Gasteiger partial charge in [-0.25, -0.2) is 0 Å². The number of nitrogens with one attached hydrogen (secondary N) is 1. The fraction of sp³-hybridized carbons (Fsp3) is 0.619. The van der Waals surface area contributed by atoms with Crippen molar-refractivity contribution in [3.8, 4) is 11.5 Å². The summed E-state index contributed by atoms with van der Waals surface area (Å²) in [6.07, 6.45) is 0.822. The molecule has 2 N–H and O–H groups in total. The summed E-state index contributed by atoms with van der Waals surface area (Å²) in [5.41, 5.74) is 0.461. The maximum atomic E-state index is 12.7. The fourth-order valence-electron chi connectivity index (χ4n) is 4.12. The molecule has 1 aromatic carbocycles. The Hall–Kier alpha value is -2.36. The molecule has 0 unspecified atom stereocenters. The second-order valence-electron chi connectivity index (χ2n) is 8.09. The van der Waals surface area contributed by atoms with Crippen LogP contribution in [0.3, 0.4) is 0 Å². The van der Waals surface area contributed by atoms with E-state index in [2.05, 4.69) is 17.3 Å². The maximum Gasteiger partial charge on any atom is 0.251 e. The van der Waals surface area contributed by atoms with Crippen LogP contribution >= 0.6 is 0 Å². The minimum atomic E-state index is -0.540. The van der Waals surface area contributed by atoms with Crippen LogP contribution in [0.15, 0.2) is 18.2 Å². The number of carbonyl (C=O) groups is 2. The molecular formula is C21H29N3O6. The number of nitrogens with zero attached hydrogens (tertiary/aromatic N) is 2. The van der Waals surface area contributed by atoms with E-state index in [1.807, 2.05) is 4.90 Å². The Morgan fingerprint density at radius 1 is 1.13 bits per heavy atom. The van der Waals surface area contributed by atoms with E-state index in [9.17, 15) is 14.7 Å². The summed E-state index contributed by atoms with van der Waals surface area (Å²) in [5.74, 6) is 0.998. The molecule has 0 saturated carbocycles. The van der Waals surface area contributed by atoms with Crippen LogP contribution in [0.1, 0.15) is 29.6 Å². The van der Waals surface area contributed by atoms with E-state index in [1.54, 1.807) is 18.2 Å². The highest BCUT2D eigenvalue weighted by molar-refractivity contribution is 5.95. The van der Waals surface area contributed by atoms with Crippen LogP contribution < -0.4 is 14.8 Å². The van der Waals surface area contributed by atoms with Crippen LogP contribution in [0.2, 0.25) is 0 Å². The predicted octanol–water partition coefficient (Wildman–Crippen LogP) is 0.218. The summed E-state index contributed by atoms with van der Waals surface area (Å²) < 4.78 is 16.6. The molecule has 0 aliphatic carbocycles. The number of piperazine rings is 1. The third-order valence-electron chi connectivity index (χ3n) is 6.01. The van der Waals surface area contributed by atoms with Crippen LogP contribution in [0.25, 0.3) is 0 Å². The van der Waals surface area contributed by atoms with E-state index in [1.165, 1.54) is 0 Å². The number of aliphatic hydroxyl groups is 1. The van der Waals surface area contributed by atoms with Gasteiger partial charge in [-0.1, -0.05) is 0 Å². The van der Waals surface area contributed by atoms with Gasteiger partial charge in [0.1, 0.15) is 6.10 Å². The molecule has 164 valence electrons. The van der Waals surface area contributed by atoms with Gasteiger partial charge in [-0.05, 0) is 38.1 Å². The molecule has 0 bridgehead atoms. The molecule has 0 spiro atoms. The van der Waals surface area contributed by atoms with Crippen LogP contribution in [0.5, 0.6) is 11.5 Å². The van der Waals surface area contributed by atoms with Crippen LogP contribution in [-0.4, -0.2) is 91.6 Å². The summed E-state index contributed by atoms with van der Waals surface area (Å²) in [4.78, 5) is 29.3. The largest absolute Gasteiger partial charge is 0.454 e. The van der Waals surface area contributed by atoms with Crippen molar-refractivity contribution in [3.63, 3.8) is 0 Å². The first-order chi connectivity index (χ1) is 14.5. The first-order valence-corrected chi connectivity index (χ1v) is 10.5. The number of aliphatic hydroxyl groups excluding tert-OH is 1. The highest BCUT2D eigenvalue weighted by Gasteiger charge is 2.34. The highest BCUT2D eigenvalue weighted by atomic mass is 16.7. The number of rotatable bonds is 5. The molecule has 9 heteroatoms. The molecule has 9 nitrogen and oxygen atoms in total. The van der Waals surface area contributed by atoms with Crippen molar-refractivity contribution in [3.05, 3.63) is 23.8 Å². The summed E-state index contributed by atoms with van der Waals surface area (Å²) in [6, 6.07) is 4.71. The first-order valence-electron chi connectivity index (χ1n) is 10.5. The summed E-state index contributed by atoms with van der Waals surface area (Å²) in [6.45, 7) is 3.16. The lowest BCUT2D eigenvalue weighted by Gasteiger charge is -2.37.